The van der Waals surface area contributed by atoms with Gasteiger partial charge >= 0.3 is 6.03 Å². The van der Waals surface area contributed by atoms with Crippen molar-refractivity contribution >= 4 is 11.9 Å². The minimum absolute atomic E-state index is 0.328. The number of carbonyl (C=O) groups excluding carboxylic acids is 2. The van der Waals surface area contributed by atoms with E-state index >= 15 is 0 Å². The van der Waals surface area contributed by atoms with E-state index in [0.717, 1.165) is 17.7 Å². The molecule has 0 aliphatic carbocycles. The molecule has 2 aliphatic rings. The van der Waals surface area contributed by atoms with Crippen LogP contribution >= 0.6 is 0 Å². The number of hydrogen-bond acceptors (Lipinski definition) is 4. The summed E-state index contributed by atoms with van der Waals surface area (Å²) in [6.07, 6.45) is 1.27. The molecule has 2 heterocycles. The summed E-state index contributed by atoms with van der Waals surface area (Å²) >= 11 is 0. The van der Waals surface area contributed by atoms with Crippen LogP contribution in [-0.2, 0) is 15.1 Å². The summed E-state index contributed by atoms with van der Waals surface area (Å²) in [7, 11) is 1.60. The van der Waals surface area contributed by atoms with Crippen molar-refractivity contribution in [1.82, 2.24) is 10.6 Å². The number of nitrogens with one attached hydrogen (secondary N) is 2. The van der Waals surface area contributed by atoms with Gasteiger partial charge in [0.05, 0.1) is 7.11 Å². The molecule has 3 rings (SSSR count). The van der Waals surface area contributed by atoms with Crippen molar-refractivity contribution < 1.29 is 19.1 Å². The molecule has 6 nitrogen and oxygen atoms in total. The van der Waals surface area contributed by atoms with Gasteiger partial charge in [-0.15, -0.1) is 0 Å². The van der Waals surface area contributed by atoms with Crippen LogP contribution in [0.1, 0.15) is 25.3 Å². The topological polar surface area (TPSA) is 76.7 Å². The Bertz CT molecular complexity index is 586. The molecule has 1 spiro atoms. The maximum Gasteiger partial charge on any atom is 0.322 e. The highest BCUT2D eigenvalue weighted by atomic mass is 16.5. The lowest BCUT2D eigenvalue weighted by atomic mass is 9.71. The van der Waals surface area contributed by atoms with Crippen LogP contribution in [0.15, 0.2) is 24.3 Å². The minimum atomic E-state index is -1.06. The van der Waals surface area contributed by atoms with Crippen molar-refractivity contribution in [3.8, 4) is 5.75 Å². The first kappa shape index (κ1) is 13.9. The molecular weight excluding hydrogens is 272 g/mol. The second-order valence-electron chi connectivity index (χ2n) is 5.53. The molecule has 0 bridgehead atoms. The Balaban J connectivity index is 2.06. The number of amides is 3. The van der Waals surface area contributed by atoms with Gasteiger partial charge in [0.2, 0.25) is 0 Å². The lowest BCUT2D eigenvalue weighted by Crippen LogP contribution is -2.64. The van der Waals surface area contributed by atoms with Crippen LogP contribution in [0.25, 0.3) is 0 Å². The zero-order valence-corrected chi connectivity index (χ0v) is 12.1. The van der Waals surface area contributed by atoms with Gasteiger partial charge in [0, 0.05) is 6.61 Å². The number of hydrogen-bond donors (Lipinski definition) is 2. The van der Waals surface area contributed by atoms with Gasteiger partial charge in [-0.3, -0.25) is 10.1 Å². The van der Waals surface area contributed by atoms with E-state index in [-0.39, 0.29) is 5.91 Å². The highest BCUT2D eigenvalue weighted by molar-refractivity contribution is 6.08. The third kappa shape index (κ3) is 1.90. The van der Waals surface area contributed by atoms with Gasteiger partial charge in [0.15, 0.2) is 5.54 Å². The summed E-state index contributed by atoms with van der Waals surface area (Å²) in [4.78, 5) is 24.0. The van der Waals surface area contributed by atoms with E-state index in [9.17, 15) is 9.59 Å². The maximum absolute atomic E-state index is 12.4. The number of imide groups is 1. The highest BCUT2D eigenvalue weighted by Crippen LogP contribution is 2.44. The molecule has 3 amide bonds. The quantitative estimate of drug-likeness (QED) is 0.805. The van der Waals surface area contributed by atoms with Crippen molar-refractivity contribution in [2.24, 2.45) is 0 Å². The zero-order chi connectivity index (χ0) is 15.1. The Hall–Kier alpha value is -2.08. The van der Waals surface area contributed by atoms with Crippen LogP contribution < -0.4 is 15.4 Å². The summed E-state index contributed by atoms with van der Waals surface area (Å²) in [6.45, 7) is 2.40. The normalized spacial score (nSPS) is 31.9. The fourth-order valence-electron chi connectivity index (χ4n) is 3.22. The summed E-state index contributed by atoms with van der Waals surface area (Å²) in [5.74, 6) is 0.401. The molecule has 1 aromatic rings. The van der Waals surface area contributed by atoms with Gasteiger partial charge in [0.1, 0.15) is 11.4 Å². The van der Waals surface area contributed by atoms with Crippen LogP contribution in [0.4, 0.5) is 4.79 Å². The molecule has 0 aromatic heterocycles. The number of carbonyl (C=O) groups is 2. The summed E-state index contributed by atoms with van der Waals surface area (Å²) in [6, 6.07) is 6.90. The number of urea groups is 1. The predicted molar refractivity (Wildman–Crippen MR) is 74.9 cm³/mol. The molecule has 112 valence electrons. The standard InChI is InChI=1S/C15H18N2O4/c1-14(10-4-6-11(20-2)7-5-10)15(8-3-9-21-14)12(18)16-13(19)17-15/h4-7H,3,8-9H2,1-2H3,(H2,16,17,18,19)/t14-,15?/m1/s1. The molecule has 0 saturated carbocycles. The zero-order valence-electron chi connectivity index (χ0n) is 12.1. The third-order valence-corrected chi connectivity index (χ3v) is 4.48. The smallest absolute Gasteiger partial charge is 0.322 e. The van der Waals surface area contributed by atoms with Crippen molar-refractivity contribution in [1.29, 1.82) is 0 Å². The fraction of sp³-hybridized carbons (Fsp3) is 0.467. The largest absolute Gasteiger partial charge is 0.497 e. The first-order valence-electron chi connectivity index (χ1n) is 6.94. The van der Waals surface area contributed by atoms with Crippen molar-refractivity contribution in [3.63, 3.8) is 0 Å². The molecule has 2 fully saturated rings. The van der Waals surface area contributed by atoms with Gasteiger partial charge in [-0.1, -0.05) is 12.1 Å². The summed E-state index contributed by atoms with van der Waals surface area (Å²) in [5, 5.41) is 5.11. The third-order valence-electron chi connectivity index (χ3n) is 4.48. The lowest BCUT2D eigenvalue weighted by Gasteiger charge is -2.47. The number of methoxy groups -OCH3 is 1. The van der Waals surface area contributed by atoms with Crippen LogP contribution in [0.3, 0.4) is 0 Å². The first-order chi connectivity index (χ1) is 10.0. The van der Waals surface area contributed by atoms with E-state index < -0.39 is 17.2 Å². The van der Waals surface area contributed by atoms with Gasteiger partial charge in [-0.05, 0) is 37.5 Å². The Morgan fingerprint density at radius 2 is 1.95 bits per heavy atom. The molecule has 1 aromatic carbocycles. The average Bonchev–Trinajstić information content (AvgIpc) is 2.78. The van der Waals surface area contributed by atoms with Crippen molar-refractivity contribution in [3.05, 3.63) is 29.8 Å². The molecular formula is C15H18N2O4. The van der Waals surface area contributed by atoms with E-state index in [1.165, 1.54) is 0 Å². The van der Waals surface area contributed by atoms with E-state index in [1.54, 1.807) is 7.11 Å². The SMILES string of the molecule is COc1ccc([C@@]2(C)OCCCC23NC(=O)NC3=O)cc1. The molecule has 2 N–H and O–H groups in total. The molecule has 1 unspecified atom stereocenters. The van der Waals surface area contributed by atoms with E-state index in [2.05, 4.69) is 10.6 Å². The van der Waals surface area contributed by atoms with Gasteiger partial charge < -0.3 is 14.8 Å². The Labute approximate surface area is 122 Å². The minimum Gasteiger partial charge on any atom is -0.497 e. The van der Waals surface area contributed by atoms with E-state index in [0.29, 0.717) is 13.0 Å². The molecule has 2 atom stereocenters. The predicted octanol–water partition coefficient (Wildman–Crippen LogP) is 1.30. The molecule has 0 radical (unpaired) electrons. The van der Waals surface area contributed by atoms with E-state index in [4.69, 9.17) is 9.47 Å². The molecule has 2 saturated heterocycles. The van der Waals surface area contributed by atoms with Crippen LogP contribution in [0.5, 0.6) is 5.75 Å². The van der Waals surface area contributed by atoms with E-state index in [1.807, 2.05) is 31.2 Å². The van der Waals surface area contributed by atoms with Crippen molar-refractivity contribution in [2.75, 3.05) is 13.7 Å². The average molecular weight is 290 g/mol. The lowest BCUT2D eigenvalue weighted by molar-refractivity contribution is -0.157. The number of benzene rings is 1. The van der Waals surface area contributed by atoms with Gasteiger partial charge in [-0.25, -0.2) is 4.79 Å². The Kier molecular flexibility index (Phi) is 3.13. The van der Waals surface area contributed by atoms with Crippen molar-refractivity contribution in [2.45, 2.75) is 30.9 Å². The first-order valence-corrected chi connectivity index (χ1v) is 6.94. The summed E-state index contributed by atoms with van der Waals surface area (Å²) in [5.41, 5.74) is -1.13. The van der Waals surface area contributed by atoms with Crippen LogP contribution in [0.2, 0.25) is 0 Å². The maximum atomic E-state index is 12.4. The number of ether oxygens (including phenoxy) is 2. The Morgan fingerprint density at radius 1 is 1.24 bits per heavy atom. The van der Waals surface area contributed by atoms with Crippen LogP contribution in [-0.4, -0.2) is 31.2 Å². The second kappa shape index (κ2) is 4.73. The second-order valence-corrected chi connectivity index (χ2v) is 5.53. The van der Waals surface area contributed by atoms with Gasteiger partial charge in [-0.2, -0.15) is 0 Å². The monoisotopic (exact) mass is 290 g/mol. The fourth-order valence-corrected chi connectivity index (χ4v) is 3.22. The molecule has 6 heteroatoms. The van der Waals surface area contributed by atoms with Crippen LogP contribution in [0, 0.1) is 0 Å². The highest BCUT2D eigenvalue weighted by Gasteiger charge is 2.61. The van der Waals surface area contributed by atoms with Gasteiger partial charge in [0.25, 0.3) is 5.91 Å². The molecule has 21 heavy (non-hydrogen) atoms. The Morgan fingerprint density at radius 3 is 2.52 bits per heavy atom. The summed E-state index contributed by atoms with van der Waals surface area (Å²) < 4.78 is 11.1. The molecule has 2 aliphatic heterocycles. The number of rotatable bonds is 2.